The smallest absolute Gasteiger partial charge is 0.253 e. The number of likely N-dealkylation sites (tertiary alicyclic amines) is 1. The highest BCUT2D eigenvalue weighted by molar-refractivity contribution is 5.79. The molecule has 2 aliphatic rings. The number of piperidine rings is 1. The zero-order chi connectivity index (χ0) is 21.4. The van der Waals surface area contributed by atoms with Crippen LogP contribution in [-0.2, 0) is 0 Å². The molecule has 0 radical (unpaired) electrons. The van der Waals surface area contributed by atoms with Crippen LogP contribution < -0.4 is 5.56 Å². The van der Waals surface area contributed by atoms with Gasteiger partial charge in [-0.1, -0.05) is 37.8 Å². The third kappa shape index (κ3) is 4.03. The van der Waals surface area contributed by atoms with Gasteiger partial charge in [-0.3, -0.25) is 9.69 Å². The molecule has 2 aromatic heterocycles. The van der Waals surface area contributed by atoms with Crippen molar-refractivity contribution < 1.29 is 0 Å². The van der Waals surface area contributed by atoms with E-state index in [4.69, 9.17) is 0 Å². The Bertz CT molecular complexity index is 1110. The lowest BCUT2D eigenvalue weighted by Gasteiger charge is -2.37. The van der Waals surface area contributed by atoms with Gasteiger partial charge in [0.15, 0.2) is 5.82 Å². The van der Waals surface area contributed by atoms with Gasteiger partial charge in [-0.05, 0) is 79.1 Å². The second-order valence-corrected chi connectivity index (χ2v) is 9.56. The Morgan fingerprint density at radius 2 is 1.94 bits per heavy atom. The molecule has 1 aliphatic carbocycles. The molecule has 2 atom stereocenters. The normalized spacial score (nSPS) is 22.1. The number of benzene rings is 1. The lowest BCUT2D eigenvalue weighted by Crippen LogP contribution is -2.41. The van der Waals surface area contributed by atoms with E-state index in [1.54, 1.807) is 0 Å². The van der Waals surface area contributed by atoms with Crippen LogP contribution in [0.1, 0.15) is 80.9 Å². The minimum absolute atomic E-state index is 0.0437. The highest BCUT2D eigenvalue weighted by Crippen LogP contribution is 2.34. The van der Waals surface area contributed by atoms with Crippen LogP contribution in [0.3, 0.4) is 0 Å². The fourth-order valence-corrected chi connectivity index (χ4v) is 5.47. The van der Waals surface area contributed by atoms with Gasteiger partial charge >= 0.3 is 0 Å². The fraction of sp³-hybridized carbons (Fsp3) is 0.583. The second kappa shape index (κ2) is 8.54. The number of hydrogen-bond acceptors (Lipinski definition) is 5. The number of aromatic amines is 1. The van der Waals surface area contributed by atoms with Crippen LogP contribution in [0.5, 0.6) is 0 Å². The van der Waals surface area contributed by atoms with Gasteiger partial charge in [0, 0.05) is 17.6 Å². The third-order valence-electron chi connectivity index (χ3n) is 7.06. The average Bonchev–Trinajstić information content (AvgIpc) is 3.25. The van der Waals surface area contributed by atoms with Gasteiger partial charge in [0.05, 0.1) is 6.04 Å². The number of H-pyrrole nitrogens is 1. The minimum atomic E-state index is -0.228. The molecule has 0 unspecified atom stereocenters. The first-order valence-corrected chi connectivity index (χ1v) is 11.8. The van der Waals surface area contributed by atoms with Crippen molar-refractivity contribution >= 4 is 10.9 Å². The van der Waals surface area contributed by atoms with Crippen molar-refractivity contribution in [1.29, 1.82) is 0 Å². The summed E-state index contributed by atoms with van der Waals surface area (Å²) in [5.41, 5.74) is 2.76. The molecule has 0 bridgehead atoms. The van der Waals surface area contributed by atoms with E-state index >= 15 is 0 Å². The molecule has 5 rings (SSSR count). The van der Waals surface area contributed by atoms with Crippen LogP contribution in [-0.4, -0.2) is 43.2 Å². The van der Waals surface area contributed by atoms with Gasteiger partial charge in [0.2, 0.25) is 0 Å². The lowest BCUT2D eigenvalue weighted by atomic mass is 9.93. The molecule has 1 aliphatic heterocycles. The summed E-state index contributed by atoms with van der Waals surface area (Å²) in [5.74, 6) is 1.41. The van der Waals surface area contributed by atoms with Crippen molar-refractivity contribution in [3.63, 3.8) is 0 Å². The average molecular weight is 421 g/mol. The van der Waals surface area contributed by atoms with Crippen LogP contribution in [0, 0.1) is 12.8 Å². The van der Waals surface area contributed by atoms with E-state index in [-0.39, 0.29) is 11.6 Å². The highest BCUT2D eigenvalue weighted by Gasteiger charge is 2.34. The molecule has 7 nitrogen and oxygen atoms in total. The summed E-state index contributed by atoms with van der Waals surface area (Å²) in [6.07, 6.45) is 8.28. The summed E-state index contributed by atoms with van der Waals surface area (Å²) in [6.45, 7) is 6.28. The Morgan fingerprint density at radius 1 is 1.10 bits per heavy atom. The fourth-order valence-electron chi connectivity index (χ4n) is 5.47. The summed E-state index contributed by atoms with van der Waals surface area (Å²) in [5, 5.41) is 14.1. The van der Waals surface area contributed by atoms with Gasteiger partial charge in [-0.25, -0.2) is 4.68 Å². The van der Waals surface area contributed by atoms with E-state index in [0.717, 1.165) is 54.6 Å². The number of tetrazole rings is 1. The van der Waals surface area contributed by atoms with Crippen LogP contribution in [0.25, 0.3) is 10.9 Å². The van der Waals surface area contributed by atoms with E-state index in [0.29, 0.717) is 12.0 Å². The maximum absolute atomic E-state index is 13.3. The van der Waals surface area contributed by atoms with Gasteiger partial charge in [0.1, 0.15) is 6.04 Å². The number of aryl methyl sites for hydroxylation is 1. The number of nitrogens with one attached hydrogen (secondary N) is 1. The van der Waals surface area contributed by atoms with Crippen molar-refractivity contribution in [2.45, 2.75) is 70.9 Å². The molecule has 0 amide bonds. The lowest BCUT2D eigenvalue weighted by molar-refractivity contribution is 0.138. The number of pyridine rings is 1. The Morgan fingerprint density at radius 3 is 2.74 bits per heavy atom. The quantitative estimate of drug-likeness (QED) is 0.686. The van der Waals surface area contributed by atoms with E-state index in [9.17, 15) is 4.79 Å². The molecular formula is C24H32N6O. The molecule has 3 heterocycles. The molecule has 1 saturated heterocycles. The number of aromatic nitrogens is 5. The van der Waals surface area contributed by atoms with Crippen molar-refractivity contribution in [2.75, 3.05) is 13.1 Å². The van der Waals surface area contributed by atoms with Crippen LogP contribution in [0.4, 0.5) is 0 Å². The monoisotopic (exact) mass is 420 g/mol. The first kappa shape index (κ1) is 20.4. The molecule has 3 aromatic rings. The third-order valence-corrected chi connectivity index (χ3v) is 7.06. The van der Waals surface area contributed by atoms with Crippen molar-refractivity contribution in [3.8, 4) is 0 Å². The van der Waals surface area contributed by atoms with E-state index in [2.05, 4.69) is 51.4 Å². The predicted octanol–water partition coefficient (Wildman–Crippen LogP) is 4.15. The SMILES string of the molecule is Cc1ccc2[nH]c(=O)c([C@H](c3nnnn3C3CCCCC3)N3CCC[C@H](C)C3)cc2c1. The molecule has 7 heteroatoms. The van der Waals surface area contributed by atoms with Crippen molar-refractivity contribution in [3.05, 3.63) is 51.6 Å². The van der Waals surface area contributed by atoms with E-state index < -0.39 is 0 Å². The molecular weight excluding hydrogens is 388 g/mol. The molecule has 0 spiro atoms. The van der Waals surface area contributed by atoms with Crippen molar-refractivity contribution in [2.24, 2.45) is 5.92 Å². The molecule has 2 fully saturated rings. The molecule has 164 valence electrons. The van der Waals surface area contributed by atoms with Gasteiger partial charge < -0.3 is 4.98 Å². The Labute approximate surface area is 182 Å². The first-order valence-electron chi connectivity index (χ1n) is 11.8. The predicted molar refractivity (Wildman–Crippen MR) is 121 cm³/mol. The largest absolute Gasteiger partial charge is 0.322 e. The maximum atomic E-state index is 13.3. The Kier molecular flexibility index (Phi) is 5.61. The first-order chi connectivity index (χ1) is 15.1. The number of fused-ring (bicyclic) bond motifs is 1. The molecule has 1 N–H and O–H groups in total. The number of nitrogens with zero attached hydrogens (tertiary/aromatic N) is 5. The maximum Gasteiger partial charge on any atom is 0.253 e. The van der Waals surface area contributed by atoms with Gasteiger partial charge in [0.25, 0.3) is 5.56 Å². The molecule has 1 saturated carbocycles. The summed E-state index contributed by atoms with van der Waals surface area (Å²) in [6, 6.07) is 8.31. The van der Waals surface area contributed by atoms with E-state index in [1.807, 2.05) is 16.8 Å². The van der Waals surface area contributed by atoms with Crippen molar-refractivity contribution in [1.82, 2.24) is 30.1 Å². The summed E-state index contributed by atoms with van der Waals surface area (Å²) < 4.78 is 2.03. The standard InChI is InChI=1S/C24H32N6O/c1-16-10-11-21-18(13-16)14-20(24(31)25-21)22(29-12-6-7-17(2)15-29)23-26-27-28-30(23)19-8-4-3-5-9-19/h10-11,13-14,17,19,22H,3-9,12,15H2,1-2H3,(H,25,31)/t17-,22+/m0/s1. The Hall–Kier alpha value is -2.54. The summed E-state index contributed by atoms with van der Waals surface area (Å²) in [7, 11) is 0. The Balaban J connectivity index is 1.64. The van der Waals surface area contributed by atoms with Gasteiger partial charge in [-0.15, -0.1) is 5.10 Å². The minimum Gasteiger partial charge on any atom is -0.322 e. The zero-order valence-corrected chi connectivity index (χ0v) is 18.5. The number of rotatable bonds is 4. The van der Waals surface area contributed by atoms with Gasteiger partial charge in [-0.2, -0.15) is 0 Å². The summed E-state index contributed by atoms with van der Waals surface area (Å²) >= 11 is 0. The van der Waals surface area contributed by atoms with Crippen LogP contribution >= 0.6 is 0 Å². The second-order valence-electron chi connectivity index (χ2n) is 9.56. The number of hydrogen-bond donors (Lipinski definition) is 1. The molecule has 1 aromatic carbocycles. The van der Waals surface area contributed by atoms with E-state index in [1.165, 1.54) is 31.2 Å². The molecule has 31 heavy (non-hydrogen) atoms. The highest BCUT2D eigenvalue weighted by atomic mass is 16.1. The topological polar surface area (TPSA) is 79.7 Å². The summed E-state index contributed by atoms with van der Waals surface area (Å²) in [4.78, 5) is 18.8. The van der Waals surface area contributed by atoms with Crippen LogP contribution in [0.15, 0.2) is 29.1 Å². The zero-order valence-electron chi connectivity index (χ0n) is 18.5. The van der Waals surface area contributed by atoms with Crippen LogP contribution in [0.2, 0.25) is 0 Å².